The lowest BCUT2D eigenvalue weighted by atomic mass is 10.1. The van der Waals surface area contributed by atoms with Crippen molar-refractivity contribution in [3.8, 4) is 5.75 Å². The number of alkyl halides is 1. The van der Waals surface area contributed by atoms with Gasteiger partial charge in [-0.2, -0.15) is 0 Å². The van der Waals surface area contributed by atoms with Gasteiger partial charge in [0.25, 0.3) is 5.56 Å². The topological polar surface area (TPSA) is 91.1 Å². The molecule has 0 amide bonds. The van der Waals surface area contributed by atoms with Crippen molar-refractivity contribution in [3.63, 3.8) is 0 Å². The predicted octanol–water partition coefficient (Wildman–Crippen LogP) is 2.21. The molecule has 2 aromatic heterocycles. The van der Waals surface area contributed by atoms with Crippen LogP contribution < -0.4 is 16.0 Å². The van der Waals surface area contributed by atoms with E-state index in [0.29, 0.717) is 35.8 Å². The van der Waals surface area contributed by atoms with E-state index >= 15 is 0 Å². The maximum absolute atomic E-state index is 13.9. The molecular weight excluding hydrogens is 391 g/mol. The number of nitrogens with zero attached hydrogens (tertiary/aromatic N) is 3. The molecule has 3 aromatic rings. The quantitative estimate of drug-likeness (QED) is 0.640. The molecule has 1 aliphatic heterocycles. The fourth-order valence-electron chi connectivity index (χ4n) is 3.30. The van der Waals surface area contributed by atoms with Gasteiger partial charge in [-0.15, -0.1) is 0 Å². The standard InChI is InChI=1S/C21H23FN4O4/c1-3-25-18-17(19(27)26(4-2)20(25)28)23-16(24-18)10-7-14-5-8-15(9-6-14)30-13-21(22)11-29-12-21/h5-10H,3-4,11-13H2,1-2H3,(H,23,24)/b10-7+. The number of imidazole rings is 1. The van der Waals surface area contributed by atoms with Crippen LogP contribution in [-0.4, -0.2) is 44.6 Å². The molecule has 0 unspecified atom stereocenters. The Balaban J connectivity index is 1.54. The summed E-state index contributed by atoms with van der Waals surface area (Å²) in [7, 11) is 0. The van der Waals surface area contributed by atoms with Crippen LogP contribution in [0.3, 0.4) is 0 Å². The highest BCUT2D eigenvalue weighted by Gasteiger charge is 2.39. The number of nitrogens with one attached hydrogen (secondary N) is 1. The molecule has 1 fully saturated rings. The molecule has 1 saturated heterocycles. The van der Waals surface area contributed by atoms with E-state index in [1.165, 1.54) is 9.13 Å². The first-order valence-electron chi connectivity index (χ1n) is 9.85. The molecule has 0 radical (unpaired) electrons. The summed E-state index contributed by atoms with van der Waals surface area (Å²) in [6.07, 6.45) is 3.56. The Labute approximate surface area is 171 Å². The number of halogens is 1. The van der Waals surface area contributed by atoms with Gasteiger partial charge in [-0.05, 0) is 37.6 Å². The Bertz CT molecular complexity index is 1200. The van der Waals surface area contributed by atoms with Gasteiger partial charge in [0.1, 0.15) is 23.7 Å². The molecular formula is C21H23FN4O4. The number of fused-ring (bicyclic) bond motifs is 1. The summed E-state index contributed by atoms with van der Waals surface area (Å²) >= 11 is 0. The number of benzene rings is 1. The largest absolute Gasteiger partial charge is 0.490 e. The Morgan fingerprint density at radius 1 is 1.17 bits per heavy atom. The second-order valence-electron chi connectivity index (χ2n) is 7.23. The predicted molar refractivity (Wildman–Crippen MR) is 111 cm³/mol. The SMILES string of the molecule is CCn1c(=O)c2[nH]c(/C=C/c3ccc(OCC4(F)COC4)cc3)nc2n(CC)c1=O. The molecule has 0 saturated carbocycles. The molecule has 0 aliphatic carbocycles. The van der Waals surface area contributed by atoms with Crippen LogP contribution in [0.2, 0.25) is 0 Å². The highest BCUT2D eigenvalue weighted by molar-refractivity contribution is 5.75. The zero-order chi connectivity index (χ0) is 21.3. The van der Waals surface area contributed by atoms with Crippen LogP contribution in [0.1, 0.15) is 25.2 Å². The van der Waals surface area contributed by atoms with Crippen LogP contribution in [0.5, 0.6) is 5.75 Å². The minimum absolute atomic E-state index is 0.0322. The maximum Gasteiger partial charge on any atom is 0.332 e. The van der Waals surface area contributed by atoms with E-state index in [2.05, 4.69) is 9.97 Å². The normalized spacial score (nSPS) is 15.6. The first-order valence-corrected chi connectivity index (χ1v) is 9.85. The summed E-state index contributed by atoms with van der Waals surface area (Å²) in [5, 5.41) is 0. The van der Waals surface area contributed by atoms with Crippen molar-refractivity contribution < 1.29 is 13.9 Å². The Morgan fingerprint density at radius 2 is 1.87 bits per heavy atom. The summed E-state index contributed by atoms with van der Waals surface area (Å²) in [4.78, 5) is 32.4. The van der Waals surface area contributed by atoms with E-state index in [1.807, 2.05) is 25.1 Å². The van der Waals surface area contributed by atoms with Crippen LogP contribution in [0.4, 0.5) is 4.39 Å². The first-order chi connectivity index (χ1) is 14.4. The molecule has 1 aromatic carbocycles. The van der Waals surface area contributed by atoms with Crippen LogP contribution in [0.15, 0.2) is 33.9 Å². The third kappa shape index (κ3) is 3.68. The minimum Gasteiger partial charge on any atom is -0.490 e. The second-order valence-corrected chi connectivity index (χ2v) is 7.23. The highest BCUT2D eigenvalue weighted by Crippen LogP contribution is 2.24. The average molecular weight is 414 g/mol. The summed E-state index contributed by atoms with van der Waals surface area (Å²) in [5.74, 6) is 1.05. The monoisotopic (exact) mass is 414 g/mol. The van der Waals surface area contributed by atoms with Gasteiger partial charge in [0.2, 0.25) is 0 Å². The molecule has 3 heterocycles. The number of aromatic amines is 1. The van der Waals surface area contributed by atoms with Crippen LogP contribution in [0.25, 0.3) is 23.3 Å². The molecule has 4 rings (SSSR count). The maximum atomic E-state index is 13.9. The van der Waals surface area contributed by atoms with E-state index in [9.17, 15) is 14.0 Å². The summed E-state index contributed by atoms with van der Waals surface area (Å²) in [5.41, 5.74) is -0.599. The molecule has 9 heteroatoms. The lowest BCUT2D eigenvalue weighted by Gasteiger charge is -2.33. The van der Waals surface area contributed by atoms with Crippen molar-refractivity contribution in [3.05, 3.63) is 56.5 Å². The lowest BCUT2D eigenvalue weighted by molar-refractivity contribution is -0.146. The fourth-order valence-corrected chi connectivity index (χ4v) is 3.30. The van der Waals surface area contributed by atoms with E-state index < -0.39 is 5.67 Å². The number of H-pyrrole nitrogens is 1. The smallest absolute Gasteiger partial charge is 0.332 e. The Morgan fingerprint density at radius 3 is 2.47 bits per heavy atom. The van der Waals surface area contributed by atoms with Crippen molar-refractivity contribution in [2.45, 2.75) is 32.6 Å². The summed E-state index contributed by atoms with van der Waals surface area (Å²) in [6.45, 7) is 4.41. The van der Waals surface area contributed by atoms with E-state index in [0.717, 1.165) is 5.56 Å². The number of aryl methyl sites for hydroxylation is 1. The number of rotatable bonds is 7. The zero-order valence-corrected chi connectivity index (χ0v) is 16.9. The number of aromatic nitrogens is 4. The average Bonchev–Trinajstić information content (AvgIpc) is 3.15. The van der Waals surface area contributed by atoms with Gasteiger partial charge >= 0.3 is 5.69 Å². The number of hydrogen-bond acceptors (Lipinski definition) is 5. The first kappa shape index (κ1) is 20.1. The van der Waals surface area contributed by atoms with E-state index in [1.54, 1.807) is 25.1 Å². The van der Waals surface area contributed by atoms with Crippen LogP contribution >= 0.6 is 0 Å². The molecule has 0 bridgehead atoms. The molecule has 1 N–H and O–H groups in total. The Kier molecular flexibility index (Phi) is 5.29. The van der Waals surface area contributed by atoms with Gasteiger partial charge in [0.05, 0.1) is 13.2 Å². The van der Waals surface area contributed by atoms with Crippen LogP contribution in [0, 0.1) is 0 Å². The van der Waals surface area contributed by atoms with Crippen molar-refractivity contribution in [1.82, 2.24) is 19.1 Å². The van der Waals surface area contributed by atoms with Gasteiger partial charge in [-0.25, -0.2) is 14.2 Å². The fraction of sp³-hybridized carbons (Fsp3) is 0.381. The molecule has 1 aliphatic rings. The molecule has 8 nitrogen and oxygen atoms in total. The molecule has 30 heavy (non-hydrogen) atoms. The number of ether oxygens (including phenoxy) is 2. The Hall–Kier alpha value is -3.20. The molecule has 158 valence electrons. The van der Waals surface area contributed by atoms with Crippen molar-refractivity contribution >= 4 is 23.3 Å². The van der Waals surface area contributed by atoms with Gasteiger partial charge < -0.3 is 14.5 Å². The third-order valence-corrected chi connectivity index (χ3v) is 5.04. The van der Waals surface area contributed by atoms with Gasteiger partial charge in [-0.3, -0.25) is 13.9 Å². The van der Waals surface area contributed by atoms with Gasteiger partial charge in [0, 0.05) is 13.1 Å². The second kappa shape index (κ2) is 7.91. The highest BCUT2D eigenvalue weighted by atomic mass is 19.1. The lowest BCUT2D eigenvalue weighted by Crippen LogP contribution is -2.50. The van der Waals surface area contributed by atoms with E-state index in [4.69, 9.17) is 9.47 Å². The summed E-state index contributed by atoms with van der Waals surface area (Å²) in [6, 6.07) is 7.19. The van der Waals surface area contributed by atoms with E-state index in [-0.39, 0.29) is 31.1 Å². The van der Waals surface area contributed by atoms with Crippen LogP contribution in [-0.2, 0) is 17.8 Å². The molecule has 0 atom stereocenters. The zero-order valence-electron chi connectivity index (χ0n) is 16.9. The van der Waals surface area contributed by atoms with Crippen molar-refractivity contribution in [1.29, 1.82) is 0 Å². The van der Waals surface area contributed by atoms with Gasteiger partial charge in [0.15, 0.2) is 11.3 Å². The molecule has 0 spiro atoms. The van der Waals surface area contributed by atoms with Gasteiger partial charge in [-0.1, -0.05) is 18.2 Å². The summed E-state index contributed by atoms with van der Waals surface area (Å²) < 4.78 is 26.9. The minimum atomic E-state index is -1.39. The van der Waals surface area contributed by atoms with Crippen molar-refractivity contribution in [2.24, 2.45) is 0 Å². The van der Waals surface area contributed by atoms with Crippen molar-refractivity contribution in [2.75, 3.05) is 19.8 Å². The number of hydrogen-bond donors (Lipinski definition) is 1. The third-order valence-electron chi connectivity index (χ3n) is 5.04.